The minimum atomic E-state index is -0.441. The first-order valence-corrected chi connectivity index (χ1v) is 7.38. The number of hydrogen-bond donors (Lipinski definition) is 2. The molecule has 0 fully saturated rings. The van der Waals surface area contributed by atoms with Gasteiger partial charge in [0.05, 0.1) is 0 Å². The predicted octanol–water partition coefficient (Wildman–Crippen LogP) is 2.60. The van der Waals surface area contributed by atoms with Gasteiger partial charge in [0.1, 0.15) is 5.75 Å². The fraction of sp³-hybridized carbons (Fsp3) is 0.125. The summed E-state index contributed by atoms with van der Waals surface area (Å²) in [7, 11) is 0. The number of ether oxygens (including phenoxy) is 1. The number of hydrazine groups is 1. The van der Waals surface area contributed by atoms with Crippen molar-refractivity contribution in [1.82, 2.24) is 10.9 Å². The molecule has 0 saturated heterocycles. The Bertz CT molecular complexity index is 654. The molecule has 2 aromatic carbocycles. The number of halogens is 1. The van der Waals surface area contributed by atoms with E-state index in [1.807, 2.05) is 31.2 Å². The molecule has 2 amide bonds. The predicted molar refractivity (Wildman–Crippen MR) is 86.4 cm³/mol. The molecule has 0 aliphatic carbocycles. The topological polar surface area (TPSA) is 67.4 Å². The lowest BCUT2D eigenvalue weighted by atomic mass is 10.1. The van der Waals surface area contributed by atoms with Crippen molar-refractivity contribution in [2.45, 2.75) is 6.92 Å². The molecule has 0 radical (unpaired) electrons. The van der Waals surface area contributed by atoms with Crippen LogP contribution in [0.3, 0.4) is 0 Å². The largest absolute Gasteiger partial charge is 0.484 e. The number of benzene rings is 2. The number of amides is 2. The van der Waals surface area contributed by atoms with E-state index in [0.29, 0.717) is 11.3 Å². The van der Waals surface area contributed by atoms with Crippen LogP contribution in [0.25, 0.3) is 0 Å². The Morgan fingerprint density at radius 3 is 2.27 bits per heavy atom. The minimum absolute atomic E-state index is 0.185. The summed E-state index contributed by atoms with van der Waals surface area (Å²) in [6.45, 7) is 1.75. The molecule has 2 rings (SSSR count). The SMILES string of the molecule is Cc1ccc(C(=O)NNC(=O)COc2ccc(Br)cc2)cc1. The molecule has 0 saturated carbocycles. The maximum atomic E-state index is 11.8. The number of carbonyl (C=O) groups excluding carboxylic acids is 2. The zero-order valence-electron chi connectivity index (χ0n) is 11.9. The third kappa shape index (κ3) is 4.89. The van der Waals surface area contributed by atoms with Crippen LogP contribution in [0.15, 0.2) is 53.0 Å². The van der Waals surface area contributed by atoms with Crippen LogP contribution in [-0.2, 0) is 4.79 Å². The van der Waals surface area contributed by atoms with Crippen LogP contribution in [0.2, 0.25) is 0 Å². The van der Waals surface area contributed by atoms with Crippen molar-refractivity contribution in [2.75, 3.05) is 6.61 Å². The van der Waals surface area contributed by atoms with E-state index in [-0.39, 0.29) is 12.5 Å². The van der Waals surface area contributed by atoms with E-state index >= 15 is 0 Å². The second-order valence-electron chi connectivity index (χ2n) is 4.61. The van der Waals surface area contributed by atoms with Gasteiger partial charge in [-0.05, 0) is 43.3 Å². The molecule has 0 atom stereocenters. The number of nitrogens with one attached hydrogen (secondary N) is 2. The molecular weight excluding hydrogens is 348 g/mol. The number of aryl methyl sites for hydroxylation is 1. The molecule has 0 aliphatic rings. The van der Waals surface area contributed by atoms with E-state index in [1.165, 1.54) is 0 Å². The Hall–Kier alpha value is -2.34. The van der Waals surface area contributed by atoms with Crippen molar-refractivity contribution >= 4 is 27.7 Å². The molecular formula is C16H15BrN2O3. The molecule has 0 spiro atoms. The van der Waals surface area contributed by atoms with Gasteiger partial charge >= 0.3 is 0 Å². The first-order chi connectivity index (χ1) is 10.5. The van der Waals surface area contributed by atoms with E-state index in [0.717, 1.165) is 10.0 Å². The number of rotatable bonds is 4. The first-order valence-electron chi connectivity index (χ1n) is 6.59. The minimum Gasteiger partial charge on any atom is -0.484 e. The van der Waals surface area contributed by atoms with E-state index in [1.54, 1.807) is 24.3 Å². The van der Waals surface area contributed by atoms with Gasteiger partial charge in [0.25, 0.3) is 11.8 Å². The highest BCUT2D eigenvalue weighted by molar-refractivity contribution is 9.10. The summed E-state index contributed by atoms with van der Waals surface area (Å²) in [5, 5.41) is 0. The molecule has 0 heterocycles. The molecule has 114 valence electrons. The summed E-state index contributed by atoms with van der Waals surface area (Å²) in [4.78, 5) is 23.4. The molecule has 0 bridgehead atoms. The van der Waals surface area contributed by atoms with Crippen LogP contribution in [0.5, 0.6) is 5.75 Å². The Balaban J connectivity index is 1.76. The molecule has 6 heteroatoms. The van der Waals surface area contributed by atoms with Gasteiger partial charge in [-0.15, -0.1) is 0 Å². The smallest absolute Gasteiger partial charge is 0.276 e. The summed E-state index contributed by atoms with van der Waals surface area (Å²) in [6.07, 6.45) is 0. The molecule has 0 aromatic heterocycles. The maximum absolute atomic E-state index is 11.8. The van der Waals surface area contributed by atoms with E-state index < -0.39 is 5.91 Å². The van der Waals surface area contributed by atoms with Crippen LogP contribution in [-0.4, -0.2) is 18.4 Å². The van der Waals surface area contributed by atoms with Crippen LogP contribution in [0.4, 0.5) is 0 Å². The zero-order chi connectivity index (χ0) is 15.9. The molecule has 2 aromatic rings. The molecule has 5 nitrogen and oxygen atoms in total. The summed E-state index contributed by atoms with van der Waals surface area (Å²) in [5.74, 6) is -0.247. The molecule has 0 unspecified atom stereocenters. The average molecular weight is 363 g/mol. The van der Waals surface area contributed by atoms with Crippen molar-refractivity contribution in [2.24, 2.45) is 0 Å². The van der Waals surface area contributed by atoms with Crippen molar-refractivity contribution in [3.05, 3.63) is 64.1 Å². The average Bonchev–Trinajstić information content (AvgIpc) is 2.52. The quantitative estimate of drug-likeness (QED) is 0.821. The van der Waals surface area contributed by atoms with Gasteiger partial charge in [-0.2, -0.15) is 0 Å². The van der Waals surface area contributed by atoms with E-state index in [4.69, 9.17) is 4.74 Å². The molecule has 22 heavy (non-hydrogen) atoms. The fourth-order valence-corrected chi connectivity index (χ4v) is 1.88. The van der Waals surface area contributed by atoms with Crippen molar-refractivity contribution in [3.8, 4) is 5.75 Å². The van der Waals surface area contributed by atoms with Crippen LogP contribution < -0.4 is 15.6 Å². The van der Waals surface area contributed by atoms with Gasteiger partial charge in [-0.1, -0.05) is 33.6 Å². The lowest BCUT2D eigenvalue weighted by Crippen LogP contribution is -2.43. The van der Waals surface area contributed by atoms with Gasteiger partial charge in [0, 0.05) is 10.0 Å². The van der Waals surface area contributed by atoms with Gasteiger partial charge in [-0.25, -0.2) is 0 Å². The Morgan fingerprint density at radius 2 is 1.64 bits per heavy atom. The number of hydrogen-bond acceptors (Lipinski definition) is 3. The van der Waals surface area contributed by atoms with Gasteiger partial charge in [0.15, 0.2) is 6.61 Å². The van der Waals surface area contributed by atoms with Crippen molar-refractivity contribution in [1.29, 1.82) is 0 Å². The van der Waals surface area contributed by atoms with Crippen molar-refractivity contribution in [3.63, 3.8) is 0 Å². The highest BCUT2D eigenvalue weighted by atomic mass is 79.9. The highest BCUT2D eigenvalue weighted by Gasteiger charge is 2.07. The maximum Gasteiger partial charge on any atom is 0.276 e. The summed E-state index contributed by atoms with van der Waals surface area (Å²) < 4.78 is 6.22. The summed E-state index contributed by atoms with van der Waals surface area (Å²) in [5.41, 5.74) is 6.17. The lowest BCUT2D eigenvalue weighted by Gasteiger charge is -2.09. The van der Waals surface area contributed by atoms with Gasteiger partial charge < -0.3 is 4.74 Å². The molecule has 2 N–H and O–H groups in total. The van der Waals surface area contributed by atoms with Gasteiger partial charge in [0.2, 0.25) is 0 Å². The normalized spacial score (nSPS) is 9.91. The van der Waals surface area contributed by atoms with E-state index in [2.05, 4.69) is 26.8 Å². The highest BCUT2D eigenvalue weighted by Crippen LogP contribution is 2.15. The second-order valence-corrected chi connectivity index (χ2v) is 5.53. The van der Waals surface area contributed by atoms with Crippen LogP contribution in [0.1, 0.15) is 15.9 Å². The Labute approximate surface area is 136 Å². The number of carbonyl (C=O) groups is 2. The van der Waals surface area contributed by atoms with Crippen LogP contribution >= 0.6 is 15.9 Å². The van der Waals surface area contributed by atoms with E-state index in [9.17, 15) is 9.59 Å². The van der Waals surface area contributed by atoms with Crippen molar-refractivity contribution < 1.29 is 14.3 Å². The Kier molecular flexibility index (Phi) is 5.55. The second kappa shape index (κ2) is 7.61. The van der Waals surface area contributed by atoms with Gasteiger partial charge in [-0.3, -0.25) is 20.4 Å². The third-order valence-corrected chi connectivity index (χ3v) is 3.34. The summed E-state index contributed by atoms with van der Waals surface area (Å²) >= 11 is 3.31. The Morgan fingerprint density at radius 1 is 1.00 bits per heavy atom. The lowest BCUT2D eigenvalue weighted by molar-refractivity contribution is -0.123. The van der Waals surface area contributed by atoms with Crippen LogP contribution in [0, 0.1) is 6.92 Å². The fourth-order valence-electron chi connectivity index (χ4n) is 1.62. The third-order valence-electron chi connectivity index (χ3n) is 2.81. The monoisotopic (exact) mass is 362 g/mol. The first kappa shape index (κ1) is 16.0. The molecule has 0 aliphatic heterocycles. The standard InChI is InChI=1S/C16H15BrN2O3/c1-11-2-4-12(5-3-11)16(21)19-18-15(20)10-22-14-8-6-13(17)7-9-14/h2-9H,10H2,1H3,(H,18,20)(H,19,21). The summed E-state index contributed by atoms with van der Waals surface area (Å²) in [6, 6.07) is 14.1. The zero-order valence-corrected chi connectivity index (χ0v) is 13.5.